The molecule has 264 valence electrons. The number of halogens is 3. The minimum Gasteiger partial charge on any atom is -0.491 e. The molecule has 0 aromatic heterocycles. The van der Waals surface area contributed by atoms with Crippen molar-refractivity contribution in [1.82, 2.24) is 0 Å². The van der Waals surface area contributed by atoms with Crippen LogP contribution in [0.15, 0.2) is 48.6 Å². The molecule has 1 saturated carbocycles. The number of allylic oxidation sites excluding steroid dienone is 2. The maximum Gasteiger partial charge on any atom is 0.416 e. The summed E-state index contributed by atoms with van der Waals surface area (Å²) in [6.07, 6.45) is 9.26. The van der Waals surface area contributed by atoms with Crippen LogP contribution in [0.3, 0.4) is 0 Å². The third-order valence-corrected chi connectivity index (χ3v) is 8.64. The Bertz CT molecular complexity index is 1130. The van der Waals surface area contributed by atoms with Gasteiger partial charge in [-0.05, 0) is 95.8 Å². The number of carbonyl (C=O) groups excluding carboxylic acids is 1. The number of alkyl halides is 3. The Labute approximate surface area is 276 Å². The number of ether oxygens (including phenoxy) is 6. The highest BCUT2D eigenvalue weighted by Gasteiger charge is 2.42. The van der Waals surface area contributed by atoms with Gasteiger partial charge < -0.3 is 33.5 Å². The number of hydrogen-bond acceptors (Lipinski definition) is 8. The molecule has 11 heteroatoms. The summed E-state index contributed by atoms with van der Waals surface area (Å²) < 4.78 is 75.2. The number of carbonyl (C=O) groups is 1. The zero-order chi connectivity index (χ0) is 33.6. The van der Waals surface area contributed by atoms with Gasteiger partial charge in [0.15, 0.2) is 12.6 Å². The van der Waals surface area contributed by atoms with E-state index >= 15 is 0 Å². The van der Waals surface area contributed by atoms with Gasteiger partial charge in [-0.3, -0.25) is 4.79 Å². The van der Waals surface area contributed by atoms with E-state index < -0.39 is 30.2 Å². The van der Waals surface area contributed by atoms with Crippen LogP contribution in [0.2, 0.25) is 0 Å². The lowest BCUT2D eigenvalue weighted by Crippen LogP contribution is -2.32. The fourth-order valence-electron chi connectivity index (χ4n) is 6.25. The molecular formula is C36H51F3O8. The van der Waals surface area contributed by atoms with Crippen molar-refractivity contribution in [2.75, 3.05) is 19.8 Å². The Morgan fingerprint density at radius 3 is 2.49 bits per heavy atom. The van der Waals surface area contributed by atoms with Gasteiger partial charge in [-0.2, -0.15) is 13.2 Å². The maximum absolute atomic E-state index is 13.3. The van der Waals surface area contributed by atoms with Crippen molar-refractivity contribution >= 4 is 5.97 Å². The van der Waals surface area contributed by atoms with Crippen LogP contribution >= 0.6 is 0 Å². The van der Waals surface area contributed by atoms with Crippen molar-refractivity contribution in [1.29, 1.82) is 0 Å². The molecule has 1 aliphatic carbocycles. The summed E-state index contributed by atoms with van der Waals surface area (Å²) in [5.41, 5.74) is -0.783. The molecule has 1 aromatic rings. The zero-order valence-corrected chi connectivity index (χ0v) is 27.6. The molecule has 2 saturated heterocycles. The second-order valence-corrected chi connectivity index (χ2v) is 12.8. The number of benzene rings is 1. The minimum atomic E-state index is -4.48. The number of rotatable bonds is 16. The van der Waals surface area contributed by atoms with Gasteiger partial charge in [-0.25, -0.2) is 0 Å². The topological polar surface area (TPSA) is 92.7 Å². The SMILES string of the molecule is CC(C)OC(=O)CCC/C=C/C[C@@H]1[C@@H](C=C[C@H](COc2cccc(C(F)(F)F)c2)OC2CCCCO2)[C@H](OC2CCCCO2)C[C@@H]1O. The molecule has 4 rings (SSSR count). The third kappa shape index (κ3) is 12.8. The highest BCUT2D eigenvalue weighted by molar-refractivity contribution is 5.69. The maximum atomic E-state index is 13.3. The third-order valence-electron chi connectivity index (χ3n) is 8.64. The van der Waals surface area contributed by atoms with Gasteiger partial charge in [-0.1, -0.05) is 30.4 Å². The standard InChI is InChI=1S/C36H51F3O8/c1-25(2)45-33(41)15-6-4-3-5-14-29-30(32(23-31(29)40)47-35-17-8-10-21-43-35)19-18-28(46-34-16-7-9-20-42-34)24-44-27-13-11-12-26(22-27)36(37,38)39/h3,5,11-13,18-19,22,25,28-32,34-35,40H,4,6-10,14-17,20-21,23-24H2,1-2H3/b5-3+,19-18?/t28-,29-,30-,31+,32-,34?,35?/m1/s1. The van der Waals surface area contributed by atoms with Crippen molar-refractivity contribution in [3.63, 3.8) is 0 Å². The average Bonchev–Trinajstić information content (AvgIpc) is 3.33. The molecule has 8 nitrogen and oxygen atoms in total. The second kappa shape index (κ2) is 18.9. The molecule has 7 atom stereocenters. The smallest absolute Gasteiger partial charge is 0.416 e. The summed E-state index contributed by atoms with van der Waals surface area (Å²) in [6.45, 7) is 4.85. The van der Waals surface area contributed by atoms with Crippen LogP contribution in [0.25, 0.3) is 0 Å². The van der Waals surface area contributed by atoms with Crippen LogP contribution in [0.5, 0.6) is 5.75 Å². The van der Waals surface area contributed by atoms with E-state index in [0.29, 0.717) is 45.3 Å². The molecule has 3 fully saturated rings. The predicted molar refractivity (Wildman–Crippen MR) is 169 cm³/mol. The Hall–Kier alpha value is -2.44. The first-order valence-electron chi connectivity index (χ1n) is 17.1. The first kappa shape index (κ1) is 37.4. The van der Waals surface area contributed by atoms with E-state index in [1.54, 1.807) is 0 Å². The van der Waals surface area contributed by atoms with E-state index in [1.165, 1.54) is 12.1 Å². The summed E-state index contributed by atoms with van der Waals surface area (Å²) in [4.78, 5) is 11.8. The van der Waals surface area contributed by atoms with Crippen LogP contribution in [-0.4, -0.2) is 67.9 Å². The van der Waals surface area contributed by atoms with Crippen LogP contribution in [0.1, 0.15) is 90.0 Å². The molecule has 0 radical (unpaired) electrons. The Morgan fingerprint density at radius 2 is 1.81 bits per heavy atom. The highest BCUT2D eigenvalue weighted by Crippen LogP contribution is 2.40. The van der Waals surface area contributed by atoms with Crippen LogP contribution in [0.4, 0.5) is 13.2 Å². The van der Waals surface area contributed by atoms with Gasteiger partial charge in [0.2, 0.25) is 0 Å². The van der Waals surface area contributed by atoms with Crippen molar-refractivity contribution in [3.05, 3.63) is 54.1 Å². The Balaban J connectivity index is 1.45. The van der Waals surface area contributed by atoms with E-state index in [9.17, 15) is 23.1 Å². The normalized spacial score (nSPS) is 27.9. The van der Waals surface area contributed by atoms with E-state index in [4.69, 9.17) is 28.4 Å². The van der Waals surface area contributed by atoms with Gasteiger partial charge in [0.05, 0.1) is 23.9 Å². The fraction of sp³-hybridized carbons (Fsp3) is 0.694. The van der Waals surface area contributed by atoms with Crippen molar-refractivity contribution in [3.8, 4) is 5.75 Å². The van der Waals surface area contributed by atoms with Crippen molar-refractivity contribution in [2.24, 2.45) is 11.8 Å². The van der Waals surface area contributed by atoms with E-state index in [2.05, 4.69) is 0 Å². The van der Waals surface area contributed by atoms with Gasteiger partial charge >= 0.3 is 12.1 Å². The van der Waals surface area contributed by atoms with Gasteiger partial charge in [-0.15, -0.1) is 0 Å². The van der Waals surface area contributed by atoms with Crippen molar-refractivity contribution in [2.45, 2.75) is 128 Å². The lowest BCUT2D eigenvalue weighted by Gasteiger charge is -2.30. The molecule has 3 aliphatic rings. The molecular weight excluding hydrogens is 617 g/mol. The molecule has 47 heavy (non-hydrogen) atoms. The number of unbranched alkanes of at least 4 members (excludes halogenated alkanes) is 1. The van der Waals surface area contributed by atoms with Crippen LogP contribution < -0.4 is 4.74 Å². The van der Waals surface area contributed by atoms with Crippen molar-refractivity contribution < 1.29 is 51.5 Å². The first-order chi connectivity index (χ1) is 22.6. The molecule has 2 heterocycles. The summed E-state index contributed by atoms with van der Waals surface area (Å²) >= 11 is 0. The summed E-state index contributed by atoms with van der Waals surface area (Å²) in [6, 6.07) is 4.80. The second-order valence-electron chi connectivity index (χ2n) is 12.8. The number of aliphatic hydroxyl groups is 1. The molecule has 2 aliphatic heterocycles. The minimum absolute atomic E-state index is 0.0198. The summed E-state index contributed by atoms with van der Waals surface area (Å²) in [5.74, 6) is -0.424. The molecule has 0 spiro atoms. The molecule has 1 aromatic carbocycles. The number of aliphatic hydroxyl groups excluding tert-OH is 1. The van der Waals surface area contributed by atoms with Crippen LogP contribution in [-0.2, 0) is 34.7 Å². The zero-order valence-electron chi connectivity index (χ0n) is 27.6. The number of hydrogen-bond donors (Lipinski definition) is 1. The fourth-order valence-corrected chi connectivity index (χ4v) is 6.25. The quantitative estimate of drug-likeness (QED) is 0.110. The van der Waals surface area contributed by atoms with E-state index in [1.807, 2.05) is 38.2 Å². The Kier molecular flexibility index (Phi) is 15.1. The first-order valence-corrected chi connectivity index (χ1v) is 17.1. The number of esters is 1. The molecule has 2 unspecified atom stereocenters. The van der Waals surface area contributed by atoms with Gasteiger partial charge in [0, 0.05) is 32.0 Å². The lowest BCUT2D eigenvalue weighted by molar-refractivity contribution is -0.193. The summed E-state index contributed by atoms with van der Waals surface area (Å²) in [7, 11) is 0. The summed E-state index contributed by atoms with van der Waals surface area (Å²) in [5, 5.41) is 11.2. The monoisotopic (exact) mass is 668 g/mol. The van der Waals surface area contributed by atoms with E-state index in [-0.39, 0.29) is 48.7 Å². The predicted octanol–water partition coefficient (Wildman–Crippen LogP) is 7.53. The van der Waals surface area contributed by atoms with Gasteiger partial charge in [0.1, 0.15) is 18.5 Å². The average molecular weight is 669 g/mol. The molecule has 0 amide bonds. The largest absolute Gasteiger partial charge is 0.491 e. The van der Waals surface area contributed by atoms with E-state index in [0.717, 1.165) is 50.7 Å². The Morgan fingerprint density at radius 1 is 1.06 bits per heavy atom. The van der Waals surface area contributed by atoms with Gasteiger partial charge in [0.25, 0.3) is 0 Å². The molecule has 1 N–H and O–H groups in total. The lowest BCUT2D eigenvalue weighted by atomic mass is 9.89. The highest BCUT2D eigenvalue weighted by atomic mass is 19.4. The van der Waals surface area contributed by atoms with Crippen LogP contribution in [0, 0.1) is 11.8 Å². The molecule has 0 bridgehead atoms.